The minimum absolute atomic E-state index is 0.222. The highest BCUT2D eigenvalue weighted by molar-refractivity contribution is 9.10. The molecule has 0 fully saturated rings. The zero-order valence-electron chi connectivity index (χ0n) is 9.57. The van der Waals surface area contributed by atoms with Crippen LogP contribution in [0.25, 0.3) is 6.08 Å². The summed E-state index contributed by atoms with van der Waals surface area (Å²) in [6.07, 6.45) is 2.47. The number of methoxy groups -OCH3 is 1. The van der Waals surface area contributed by atoms with Gasteiger partial charge in [-0.05, 0) is 24.3 Å². The second-order valence-electron chi connectivity index (χ2n) is 3.29. The summed E-state index contributed by atoms with van der Waals surface area (Å²) in [4.78, 5) is 22.1. The molecule has 0 aromatic heterocycles. The predicted octanol–water partition coefficient (Wildman–Crippen LogP) is 1.89. The fraction of sp³-hybridized carbons (Fsp3) is 0.167. The molecule has 18 heavy (non-hydrogen) atoms. The maximum Gasteiger partial charge on any atom is 0.325 e. The van der Waals surface area contributed by atoms with Crippen LogP contribution in [0.2, 0.25) is 0 Å². The molecule has 0 saturated carbocycles. The van der Waals surface area contributed by atoms with E-state index in [1.807, 2.05) is 0 Å². The second kappa shape index (κ2) is 6.90. The summed E-state index contributed by atoms with van der Waals surface area (Å²) in [6.45, 7) is -0.222. The number of carbonyl (C=O) groups excluding carboxylic acids is 2. The number of benzene rings is 1. The van der Waals surface area contributed by atoms with Gasteiger partial charge in [0.15, 0.2) is 0 Å². The highest BCUT2D eigenvalue weighted by Crippen LogP contribution is 2.16. The van der Waals surface area contributed by atoms with Crippen molar-refractivity contribution in [2.75, 3.05) is 13.7 Å². The van der Waals surface area contributed by atoms with E-state index in [1.165, 1.54) is 19.3 Å². The Hall–Kier alpha value is -1.69. The van der Waals surface area contributed by atoms with Crippen LogP contribution in [0, 0.1) is 5.82 Å². The number of nitrogens with one attached hydrogen (secondary N) is 1. The summed E-state index contributed by atoms with van der Waals surface area (Å²) in [5.41, 5.74) is 0.276. The fourth-order valence-electron chi connectivity index (χ4n) is 1.10. The van der Waals surface area contributed by atoms with Crippen LogP contribution in [0.1, 0.15) is 5.56 Å². The van der Waals surface area contributed by atoms with Gasteiger partial charge >= 0.3 is 5.97 Å². The third-order valence-corrected chi connectivity index (χ3v) is 2.50. The lowest BCUT2D eigenvalue weighted by Gasteiger charge is -2.00. The third kappa shape index (κ3) is 4.67. The molecule has 96 valence electrons. The van der Waals surface area contributed by atoms with Gasteiger partial charge in [-0.2, -0.15) is 0 Å². The van der Waals surface area contributed by atoms with Crippen molar-refractivity contribution in [1.82, 2.24) is 5.32 Å². The van der Waals surface area contributed by atoms with E-state index in [1.54, 1.807) is 12.1 Å². The van der Waals surface area contributed by atoms with E-state index >= 15 is 0 Å². The van der Waals surface area contributed by atoms with E-state index in [0.29, 0.717) is 4.47 Å². The van der Waals surface area contributed by atoms with Gasteiger partial charge in [0.05, 0.1) is 7.11 Å². The molecule has 1 amide bonds. The molecular formula is C12H11BrFNO3. The molecule has 0 aliphatic heterocycles. The monoisotopic (exact) mass is 315 g/mol. The van der Waals surface area contributed by atoms with E-state index < -0.39 is 17.7 Å². The van der Waals surface area contributed by atoms with Gasteiger partial charge in [0, 0.05) is 16.1 Å². The molecule has 0 radical (unpaired) electrons. The van der Waals surface area contributed by atoms with Gasteiger partial charge in [0.25, 0.3) is 0 Å². The van der Waals surface area contributed by atoms with E-state index in [0.717, 1.165) is 6.08 Å². The molecule has 0 aliphatic rings. The number of ether oxygens (including phenoxy) is 1. The number of rotatable bonds is 4. The van der Waals surface area contributed by atoms with Crippen molar-refractivity contribution in [3.63, 3.8) is 0 Å². The minimum atomic E-state index is -0.551. The zero-order chi connectivity index (χ0) is 13.5. The summed E-state index contributed by atoms with van der Waals surface area (Å²) in [7, 11) is 1.22. The number of hydrogen-bond acceptors (Lipinski definition) is 3. The Labute approximate surface area is 112 Å². The molecule has 0 spiro atoms. The zero-order valence-corrected chi connectivity index (χ0v) is 11.2. The summed E-state index contributed by atoms with van der Waals surface area (Å²) in [5, 5.41) is 2.30. The van der Waals surface area contributed by atoms with Crippen LogP contribution in [-0.2, 0) is 14.3 Å². The Morgan fingerprint density at radius 1 is 1.50 bits per heavy atom. The van der Waals surface area contributed by atoms with Crippen LogP contribution in [-0.4, -0.2) is 25.5 Å². The Morgan fingerprint density at radius 3 is 2.89 bits per heavy atom. The first-order valence-corrected chi connectivity index (χ1v) is 5.80. The molecule has 0 unspecified atom stereocenters. The average molecular weight is 316 g/mol. The number of esters is 1. The van der Waals surface area contributed by atoms with E-state index in [4.69, 9.17) is 0 Å². The largest absolute Gasteiger partial charge is 0.468 e. The van der Waals surface area contributed by atoms with Crippen LogP contribution in [0.4, 0.5) is 4.39 Å². The van der Waals surface area contributed by atoms with Crippen molar-refractivity contribution in [1.29, 1.82) is 0 Å². The van der Waals surface area contributed by atoms with Crippen LogP contribution < -0.4 is 5.32 Å². The molecular weight excluding hydrogens is 305 g/mol. The van der Waals surface area contributed by atoms with Crippen LogP contribution in [0.3, 0.4) is 0 Å². The normalized spacial score (nSPS) is 10.4. The lowest BCUT2D eigenvalue weighted by Crippen LogP contribution is -2.28. The van der Waals surface area contributed by atoms with Gasteiger partial charge in [-0.1, -0.05) is 15.9 Å². The third-order valence-electron chi connectivity index (χ3n) is 2.01. The first-order valence-electron chi connectivity index (χ1n) is 5.00. The SMILES string of the molecule is COC(=O)CNC(=O)/C=C/c1cc(Br)ccc1F. The fourth-order valence-corrected chi connectivity index (χ4v) is 1.48. The van der Waals surface area contributed by atoms with Gasteiger partial charge in [0.2, 0.25) is 5.91 Å². The molecule has 1 aromatic rings. The average Bonchev–Trinajstić information content (AvgIpc) is 2.36. The molecule has 1 rings (SSSR count). The first-order chi connectivity index (χ1) is 8.52. The second-order valence-corrected chi connectivity index (χ2v) is 4.21. The van der Waals surface area contributed by atoms with Crippen molar-refractivity contribution < 1.29 is 18.7 Å². The summed E-state index contributed by atoms with van der Waals surface area (Å²) < 4.78 is 18.4. The summed E-state index contributed by atoms with van der Waals surface area (Å²) in [5.74, 6) is -1.49. The lowest BCUT2D eigenvalue weighted by molar-refractivity contribution is -0.140. The number of amides is 1. The van der Waals surface area contributed by atoms with Crippen molar-refractivity contribution in [3.8, 4) is 0 Å². The van der Waals surface area contributed by atoms with E-state index in [-0.39, 0.29) is 12.1 Å². The molecule has 1 N–H and O–H groups in total. The molecule has 0 heterocycles. The van der Waals surface area contributed by atoms with Gasteiger partial charge in [-0.15, -0.1) is 0 Å². The summed E-state index contributed by atoms with van der Waals surface area (Å²) in [6, 6.07) is 4.39. The van der Waals surface area contributed by atoms with Crippen molar-refractivity contribution in [2.24, 2.45) is 0 Å². The Bertz CT molecular complexity index is 488. The van der Waals surface area contributed by atoms with E-state index in [2.05, 4.69) is 26.0 Å². The van der Waals surface area contributed by atoms with Crippen molar-refractivity contribution in [3.05, 3.63) is 40.1 Å². The summed E-state index contributed by atoms with van der Waals surface area (Å²) >= 11 is 3.20. The molecule has 1 aromatic carbocycles. The number of hydrogen-bond donors (Lipinski definition) is 1. The predicted molar refractivity (Wildman–Crippen MR) is 68.2 cm³/mol. The Kier molecular flexibility index (Phi) is 5.51. The minimum Gasteiger partial charge on any atom is -0.468 e. The van der Waals surface area contributed by atoms with Crippen molar-refractivity contribution in [2.45, 2.75) is 0 Å². The number of halogens is 2. The van der Waals surface area contributed by atoms with Gasteiger partial charge in [-0.3, -0.25) is 9.59 Å². The van der Waals surface area contributed by atoms with Crippen LogP contribution >= 0.6 is 15.9 Å². The maximum absolute atomic E-state index is 13.3. The molecule has 6 heteroatoms. The molecule has 0 saturated heterocycles. The maximum atomic E-state index is 13.3. The first kappa shape index (κ1) is 14.4. The quantitative estimate of drug-likeness (QED) is 0.682. The molecule has 0 atom stereocenters. The Balaban J connectivity index is 2.60. The van der Waals surface area contributed by atoms with Gasteiger partial charge in [-0.25, -0.2) is 4.39 Å². The van der Waals surface area contributed by atoms with Gasteiger partial charge in [0.1, 0.15) is 12.4 Å². The Morgan fingerprint density at radius 2 is 2.22 bits per heavy atom. The lowest BCUT2D eigenvalue weighted by atomic mass is 10.2. The van der Waals surface area contributed by atoms with Crippen LogP contribution in [0.15, 0.2) is 28.7 Å². The van der Waals surface area contributed by atoms with E-state index in [9.17, 15) is 14.0 Å². The topological polar surface area (TPSA) is 55.4 Å². The van der Waals surface area contributed by atoms with Crippen LogP contribution in [0.5, 0.6) is 0 Å². The molecule has 0 bridgehead atoms. The molecule has 4 nitrogen and oxygen atoms in total. The van der Waals surface area contributed by atoms with Crippen molar-refractivity contribution >= 4 is 33.9 Å². The smallest absolute Gasteiger partial charge is 0.325 e. The molecule has 0 aliphatic carbocycles. The highest BCUT2D eigenvalue weighted by atomic mass is 79.9. The number of carbonyl (C=O) groups is 2. The highest BCUT2D eigenvalue weighted by Gasteiger charge is 2.03. The standard InChI is InChI=1S/C12H11BrFNO3/c1-18-12(17)7-15-11(16)5-2-8-6-9(13)3-4-10(8)14/h2-6H,7H2,1H3,(H,15,16)/b5-2+. The van der Waals surface area contributed by atoms with Gasteiger partial charge < -0.3 is 10.1 Å².